The van der Waals surface area contributed by atoms with E-state index in [1.807, 2.05) is 0 Å². The van der Waals surface area contributed by atoms with Crippen molar-refractivity contribution in [2.24, 2.45) is 11.8 Å². The molecule has 96 valence electrons. The predicted molar refractivity (Wildman–Crippen MR) is 69.7 cm³/mol. The molecule has 2 nitrogen and oxygen atoms in total. The highest BCUT2D eigenvalue weighted by Crippen LogP contribution is 2.30. The first kappa shape index (κ1) is 14.0. The van der Waals surface area contributed by atoms with E-state index in [4.69, 9.17) is 4.74 Å². The van der Waals surface area contributed by atoms with E-state index in [0.29, 0.717) is 12.1 Å². The van der Waals surface area contributed by atoms with Crippen LogP contribution in [0.4, 0.5) is 0 Å². The van der Waals surface area contributed by atoms with E-state index in [0.717, 1.165) is 31.4 Å². The van der Waals surface area contributed by atoms with Gasteiger partial charge in [0.05, 0.1) is 12.7 Å². The summed E-state index contributed by atoms with van der Waals surface area (Å²) in [5.41, 5.74) is 0. The van der Waals surface area contributed by atoms with Gasteiger partial charge < -0.3 is 10.1 Å². The number of hydrogen-bond donors (Lipinski definition) is 1. The average molecular weight is 227 g/mol. The van der Waals surface area contributed by atoms with Crippen molar-refractivity contribution < 1.29 is 4.74 Å². The smallest absolute Gasteiger partial charge is 0.0623 e. The second-order valence-electron chi connectivity index (χ2n) is 5.54. The first-order valence-electron chi connectivity index (χ1n) is 7.00. The Kier molecular flexibility index (Phi) is 6.37. The van der Waals surface area contributed by atoms with Crippen molar-refractivity contribution in [3.63, 3.8) is 0 Å². The van der Waals surface area contributed by atoms with Crippen LogP contribution in [0, 0.1) is 11.8 Å². The molecular weight excluding hydrogens is 198 g/mol. The fraction of sp³-hybridized carbons (Fsp3) is 1.00. The van der Waals surface area contributed by atoms with Gasteiger partial charge >= 0.3 is 0 Å². The predicted octanol–water partition coefficient (Wildman–Crippen LogP) is 3.22. The lowest BCUT2D eigenvalue weighted by molar-refractivity contribution is -0.00911. The Morgan fingerprint density at radius 2 is 1.75 bits per heavy atom. The average Bonchev–Trinajstić information content (AvgIpc) is 2.23. The van der Waals surface area contributed by atoms with E-state index in [2.05, 4.69) is 33.0 Å². The van der Waals surface area contributed by atoms with Gasteiger partial charge in [0.15, 0.2) is 0 Å². The molecule has 0 aromatic carbocycles. The highest BCUT2D eigenvalue weighted by molar-refractivity contribution is 4.76. The third-order valence-corrected chi connectivity index (χ3v) is 3.65. The summed E-state index contributed by atoms with van der Waals surface area (Å²) in [5.74, 6) is 1.68. The minimum atomic E-state index is 0.506. The van der Waals surface area contributed by atoms with Crippen molar-refractivity contribution in [3.8, 4) is 0 Å². The van der Waals surface area contributed by atoms with Crippen LogP contribution in [0.5, 0.6) is 0 Å². The molecular formula is C14H29NO. The van der Waals surface area contributed by atoms with Gasteiger partial charge in [-0.05, 0) is 44.1 Å². The molecule has 1 rings (SSSR count). The van der Waals surface area contributed by atoms with Crippen molar-refractivity contribution in [3.05, 3.63) is 0 Å². The minimum Gasteiger partial charge on any atom is -0.377 e. The number of rotatable bonds is 6. The highest BCUT2D eigenvalue weighted by Gasteiger charge is 2.24. The van der Waals surface area contributed by atoms with Gasteiger partial charge in [0.2, 0.25) is 0 Å². The van der Waals surface area contributed by atoms with Crippen LogP contribution in [0.1, 0.15) is 53.4 Å². The summed E-state index contributed by atoms with van der Waals surface area (Å²) >= 11 is 0. The van der Waals surface area contributed by atoms with Crippen molar-refractivity contribution in [1.82, 2.24) is 5.32 Å². The van der Waals surface area contributed by atoms with Gasteiger partial charge in [-0.2, -0.15) is 0 Å². The number of ether oxygens (including phenoxy) is 1. The van der Waals surface area contributed by atoms with Crippen LogP contribution >= 0.6 is 0 Å². The standard InChI is InChI=1S/C14H29NO/c1-5-13(15-6-2)10-16-14-8-11(3)7-12(4)9-14/h11-15H,5-10H2,1-4H3. The van der Waals surface area contributed by atoms with Crippen LogP contribution in [0.3, 0.4) is 0 Å². The maximum Gasteiger partial charge on any atom is 0.0623 e. The Hall–Kier alpha value is -0.0800. The molecule has 0 saturated heterocycles. The Bertz CT molecular complexity index is 174. The zero-order valence-corrected chi connectivity index (χ0v) is 11.5. The van der Waals surface area contributed by atoms with E-state index in [-0.39, 0.29) is 0 Å². The summed E-state index contributed by atoms with van der Waals surface area (Å²) < 4.78 is 6.07. The third kappa shape index (κ3) is 4.84. The molecule has 1 N–H and O–H groups in total. The van der Waals surface area contributed by atoms with Gasteiger partial charge in [-0.25, -0.2) is 0 Å². The minimum absolute atomic E-state index is 0.506. The second kappa shape index (κ2) is 7.29. The molecule has 2 heteroatoms. The fourth-order valence-electron chi connectivity index (χ4n) is 2.87. The molecule has 1 aliphatic rings. The summed E-state index contributed by atoms with van der Waals surface area (Å²) in [6, 6.07) is 0.539. The fourth-order valence-corrected chi connectivity index (χ4v) is 2.87. The van der Waals surface area contributed by atoms with E-state index in [9.17, 15) is 0 Å². The lowest BCUT2D eigenvalue weighted by Gasteiger charge is -2.32. The van der Waals surface area contributed by atoms with Crippen molar-refractivity contribution >= 4 is 0 Å². The molecule has 0 aromatic heterocycles. The Morgan fingerprint density at radius 3 is 2.25 bits per heavy atom. The molecule has 0 aromatic rings. The highest BCUT2D eigenvalue weighted by atomic mass is 16.5. The molecule has 0 aliphatic heterocycles. The van der Waals surface area contributed by atoms with Crippen LogP contribution in [0.15, 0.2) is 0 Å². The van der Waals surface area contributed by atoms with Gasteiger partial charge in [0.25, 0.3) is 0 Å². The summed E-state index contributed by atoms with van der Waals surface area (Å²) in [4.78, 5) is 0. The SMILES string of the molecule is CCNC(CC)COC1CC(C)CC(C)C1. The monoisotopic (exact) mass is 227 g/mol. The van der Waals surface area contributed by atoms with E-state index in [1.165, 1.54) is 19.3 Å². The molecule has 1 saturated carbocycles. The largest absolute Gasteiger partial charge is 0.377 e. The Labute approximate surface area is 101 Å². The molecule has 1 aliphatic carbocycles. The van der Waals surface area contributed by atoms with Gasteiger partial charge in [0, 0.05) is 6.04 Å². The Morgan fingerprint density at radius 1 is 1.12 bits per heavy atom. The van der Waals surface area contributed by atoms with Crippen LogP contribution in [0.2, 0.25) is 0 Å². The number of nitrogens with one attached hydrogen (secondary N) is 1. The quantitative estimate of drug-likeness (QED) is 0.752. The molecule has 0 spiro atoms. The molecule has 0 amide bonds. The van der Waals surface area contributed by atoms with Gasteiger partial charge in [-0.3, -0.25) is 0 Å². The summed E-state index contributed by atoms with van der Waals surface area (Å²) in [5, 5.41) is 3.47. The molecule has 0 bridgehead atoms. The van der Waals surface area contributed by atoms with E-state index >= 15 is 0 Å². The zero-order valence-electron chi connectivity index (χ0n) is 11.5. The Balaban J connectivity index is 2.25. The number of likely N-dealkylation sites (N-methyl/N-ethyl adjacent to an activating group) is 1. The third-order valence-electron chi connectivity index (χ3n) is 3.65. The molecule has 3 atom stereocenters. The van der Waals surface area contributed by atoms with Crippen LogP contribution in [0.25, 0.3) is 0 Å². The number of hydrogen-bond acceptors (Lipinski definition) is 2. The first-order valence-corrected chi connectivity index (χ1v) is 7.00. The van der Waals surface area contributed by atoms with Crippen molar-refractivity contribution in [1.29, 1.82) is 0 Å². The van der Waals surface area contributed by atoms with E-state index in [1.54, 1.807) is 0 Å². The van der Waals surface area contributed by atoms with Crippen molar-refractivity contribution in [2.45, 2.75) is 65.5 Å². The van der Waals surface area contributed by atoms with Gasteiger partial charge in [-0.1, -0.05) is 27.7 Å². The lowest BCUT2D eigenvalue weighted by Crippen LogP contribution is -2.36. The van der Waals surface area contributed by atoms with Gasteiger partial charge in [0.1, 0.15) is 0 Å². The van der Waals surface area contributed by atoms with Crippen LogP contribution < -0.4 is 5.32 Å². The lowest BCUT2D eigenvalue weighted by atomic mass is 9.82. The first-order chi connectivity index (χ1) is 7.65. The maximum absolute atomic E-state index is 6.07. The summed E-state index contributed by atoms with van der Waals surface area (Å²) in [7, 11) is 0. The summed E-state index contributed by atoms with van der Waals surface area (Å²) in [6.07, 6.45) is 5.56. The van der Waals surface area contributed by atoms with Crippen LogP contribution in [-0.2, 0) is 4.74 Å². The van der Waals surface area contributed by atoms with Crippen LogP contribution in [-0.4, -0.2) is 25.3 Å². The topological polar surface area (TPSA) is 21.3 Å². The van der Waals surface area contributed by atoms with Crippen molar-refractivity contribution in [2.75, 3.05) is 13.2 Å². The molecule has 16 heavy (non-hydrogen) atoms. The van der Waals surface area contributed by atoms with E-state index < -0.39 is 0 Å². The zero-order chi connectivity index (χ0) is 12.0. The summed E-state index contributed by atoms with van der Waals surface area (Å²) in [6.45, 7) is 11.0. The molecule has 1 fully saturated rings. The molecule has 0 radical (unpaired) electrons. The van der Waals surface area contributed by atoms with Gasteiger partial charge in [-0.15, -0.1) is 0 Å². The molecule has 3 unspecified atom stereocenters. The normalized spacial score (nSPS) is 32.6. The second-order valence-corrected chi connectivity index (χ2v) is 5.54. The molecule has 0 heterocycles. The maximum atomic E-state index is 6.07.